The van der Waals surface area contributed by atoms with E-state index in [1.54, 1.807) is 42.7 Å². The molecule has 0 unspecified atom stereocenters. The Morgan fingerprint density at radius 3 is 2.46 bits per heavy atom. The lowest BCUT2D eigenvalue weighted by atomic mass is 9.99. The first-order chi connectivity index (χ1) is 17.8. The van der Waals surface area contributed by atoms with Crippen molar-refractivity contribution in [2.75, 3.05) is 11.9 Å². The number of hydrogen-bond acceptors (Lipinski definition) is 5. The van der Waals surface area contributed by atoms with Crippen LogP contribution in [0.4, 0.5) is 23.7 Å². The first-order valence-corrected chi connectivity index (χ1v) is 11.7. The van der Waals surface area contributed by atoms with Gasteiger partial charge in [0.15, 0.2) is 0 Å². The van der Waals surface area contributed by atoms with Gasteiger partial charge in [0.05, 0.1) is 12.1 Å². The van der Waals surface area contributed by atoms with Crippen LogP contribution < -0.4 is 10.1 Å². The molecule has 0 saturated heterocycles. The zero-order valence-corrected chi connectivity index (χ0v) is 19.7. The largest absolute Gasteiger partial charge is 0.417 e. The third kappa shape index (κ3) is 5.95. The molecule has 0 fully saturated rings. The van der Waals surface area contributed by atoms with Gasteiger partial charge in [-0.1, -0.05) is 36.4 Å². The zero-order valence-electron chi connectivity index (χ0n) is 19.7. The van der Waals surface area contributed by atoms with E-state index in [4.69, 9.17) is 4.74 Å². The fourth-order valence-electron chi connectivity index (χ4n) is 4.31. The molecule has 0 aliphatic carbocycles. The molecule has 1 N–H and O–H groups in total. The summed E-state index contributed by atoms with van der Waals surface area (Å²) >= 11 is 0. The van der Waals surface area contributed by atoms with Crippen molar-refractivity contribution in [1.29, 1.82) is 0 Å². The van der Waals surface area contributed by atoms with Crippen molar-refractivity contribution in [2.24, 2.45) is 0 Å². The highest BCUT2D eigenvalue weighted by Crippen LogP contribution is 2.34. The van der Waals surface area contributed by atoms with Crippen molar-refractivity contribution < 1.29 is 22.7 Å². The lowest BCUT2D eigenvalue weighted by molar-refractivity contribution is -0.137. The van der Waals surface area contributed by atoms with Crippen LogP contribution in [0.3, 0.4) is 0 Å². The Morgan fingerprint density at radius 1 is 0.946 bits per heavy atom. The van der Waals surface area contributed by atoms with Crippen molar-refractivity contribution in [3.63, 3.8) is 0 Å². The molecule has 0 radical (unpaired) electrons. The summed E-state index contributed by atoms with van der Waals surface area (Å²) in [6, 6.07) is 19.0. The summed E-state index contributed by atoms with van der Waals surface area (Å²) in [7, 11) is 0. The monoisotopic (exact) mass is 504 g/mol. The Balaban J connectivity index is 1.24. The van der Waals surface area contributed by atoms with Crippen molar-refractivity contribution in [3.05, 3.63) is 108 Å². The van der Waals surface area contributed by atoms with Gasteiger partial charge in [0.25, 0.3) is 0 Å². The maximum Gasteiger partial charge on any atom is 0.417 e. The van der Waals surface area contributed by atoms with Crippen molar-refractivity contribution in [1.82, 2.24) is 14.9 Å². The topological polar surface area (TPSA) is 67.4 Å². The average Bonchev–Trinajstić information content (AvgIpc) is 2.89. The summed E-state index contributed by atoms with van der Waals surface area (Å²) in [6.07, 6.45) is -0.808. The molecule has 9 heteroatoms. The summed E-state index contributed by atoms with van der Waals surface area (Å²) in [6.45, 7) is 2.28. The third-order valence-corrected chi connectivity index (χ3v) is 6.14. The second kappa shape index (κ2) is 10.4. The number of carbonyl (C=O) groups is 1. The van der Waals surface area contributed by atoms with Gasteiger partial charge in [-0.15, -0.1) is 0 Å². The molecule has 0 saturated carbocycles. The summed E-state index contributed by atoms with van der Waals surface area (Å²) in [5, 5.41) is 2.76. The van der Waals surface area contributed by atoms with E-state index >= 15 is 0 Å². The molecule has 1 aliphatic heterocycles. The molecule has 1 aliphatic rings. The lowest BCUT2D eigenvalue weighted by Crippen LogP contribution is -2.30. The number of hydrogen-bond donors (Lipinski definition) is 1. The molecule has 6 nitrogen and oxygen atoms in total. The highest BCUT2D eigenvalue weighted by atomic mass is 19.4. The van der Waals surface area contributed by atoms with Gasteiger partial charge < -0.3 is 4.74 Å². The van der Waals surface area contributed by atoms with Crippen LogP contribution in [-0.2, 0) is 25.7 Å². The summed E-state index contributed by atoms with van der Waals surface area (Å²) < 4.78 is 44.3. The number of fused-ring (bicyclic) bond motifs is 1. The van der Waals surface area contributed by atoms with Crippen LogP contribution in [0.15, 0.2) is 85.2 Å². The maximum atomic E-state index is 12.9. The number of carbonyl (C=O) groups excluding carboxylic acids is 1. The smallest absolute Gasteiger partial charge is 0.409 e. The van der Waals surface area contributed by atoms with Gasteiger partial charge in [-0.2, -0.15) is 13.2 Å². The second-order valence-electron chi connectivity index (χ2n) is 8.69. The average molecular weight is 505 g/mol. The quantitative estimate of drug-likeness (QED) is 0.344. The minimum Gasteiger partial charge on any atom is -0.409 e. The van der Waals surface area contributed by atoms with E-state index in [2.05, 4.69) is 20.2 Å². The van der Waals surface area contributed by atoms with Gasteiger partial charge in [-0.3, -0.25) is 10.2 Å². The number of nitrogens with one attached hydrogen (secondary N) is 1. The van der Waals surface area contributed by atoms with E-state index < -0.39 is 17.8 Å². The first-order valence-electron chi connectivity index (χ1n) is 11.7. The molecule has 188 valence electrons. The van der Waals surface area contributed by atoms with E-state index in [9.17, 15) is 18.0 Å². The highest BCUT2D eigenvalue weighted by Gasteiger charge is 2.30. The predicted molar refractivity (Wildman–Crippen MR) is 133 cm³/mol. The standard InChI is InChI=1S/C28H23F3N4O2/c29-28(30,31)22-9-6-19(7-10-22)24-4-1-2-5-25(24)37-27(36)34-23-11-8-21-17-35(15-12-20(21)16-23)18-26-32-13-3-14-33-26/h1-11,13-14,16H,12,15,17-18H2,(H,34,36). The number of benzene rings is 3. The Hall–Kier alpha value is -4.24. The zero-order chi connectivity index (χ0) is 25.8. The Bertz CT molecular complexity index is 1390. The molecule has 2 heterocycles. The molecule has 0 atom stereocenters. The number of anilines is 1. The number of amides is 1. The number of para-hydroxylation sites is 1. The molecule has 0 bridgehead atoms. The first kappa shape index (κ1) is 24.5. The molecule has 0 spiro atoms. The lowest BCUT2D eigenvalue weighted by Gasteiger charge is -2.28. The molecule has 37 heavy (non-hydrogen) atoms. The summed E-state index contributed by atoms with van der Waals surface area (Å²) in [5.74, 6) is 1.03. The Labute approximate surface area is 211 Å². The van der Waals surface area contributed by atoms with Crippen molar-refractivity contribution in [2.45, 2.75) is 25.7 Å². The van der Waals surface area contributed by atoms with Gasteiger partial charge in [-0.25, -0.2) is 14.8 Å². The number of aromatic nitrogens is 2. The van der Waals surface area contributed by atoms with E-state index in [0.29, 0.717) is 23.4 Å². The minimum absolute atomic E-state index is 0.247. The number of halogens is 3. The van der Waals surface area contributed by atoms with Crippen LogP contribution in [0, 0.1) is 0 Å². The van der Waals surface area contributed by atoms with Crippen molar-refractivity contribution >= 4 is 11.8 Å². The van der Waals surface area contributed by atoms with Crippen LogP contribution in [0.25, 0.3) is 11.1 Å². The van der Waals surface area contributed by atoms with Gasteiger partial charge in [-0.05, 0) is 59.5 Å². The Morgan fingerprint density at radius 2 is 1.70 bits per heavy atom. The Kier molecular flexibility index (Phi) is 6.87. The van der Waals surface area contributed by atoms with E-state index in [1.807, 2.05) is 18.2 Å². The van der Waals surface area contributed by atoms with Gasteiger partial charge >= 0.3 is 12.3 Å². The fraction of sp³-hybridized carbons (Fsp3) is 0.179. The maximum absolute atomic E-state index is 12.9. The molecular weight excluding hydrogens is 481 g/mol. The molecular formula is C28H23F3N4O2. The number of nitrogens with zero attached hydrogens (tertiary/aromatic N) is 3. The highest BCUT2D eigenvalue weighted by molar-refractivity contribution is 5.88. The van der Waals surface area contributed by atoms with Crippen molar-refractivity contribution in [3.8, 4) is 16.9 Å². The fourth-order valence-corrected chi connectivity index (χ4v) is 4.31. The molecule has 3 aromatic carbocycles. The number of ether oxygens (including phenoxy) is 1. The van der Waals surface area contributed by atoms with Crippen LogP contribution in [0.2, 0.25) is 0 Å². The summed E-state index contributed by atoms with van der Waals surface area (Å²) in [5.41, 5.74) is 3.21. The van der Waals surface area contributed by atoms with Crippen LogP contribution in [0.1, 0.15) is 22.5 Å². The number of rotatable bonds is 5. The SMILES string of the molecule is O=C(Nc1ccc2c(c1)CCN(Cc1ncccn1)C2)Oc1ccccc1-c1ccc(C(F)(F)F)cc1. The molecule has 1 amide bonds. The third-order valence-electron chi connectivity index (χ3n) is 6.14. The minimum atomic E-state index is -4.42. The van der Waals surface area contributed by atoms with E-state index in [-0.39, 0.29) is 5.75 Å². The van der Waals surface area contributed by atoms with Crippen LogP contribution in [0.5, 0.6) is 5.75 Å². The van der Waals surface area contributed by atoms with E-state index in [0.717, 1.165) is 43.0 Å². The molecule has 5 rings (SSSR count). The van der Waals surface area contributed by atoms with Gasteiger partial charge in [0.1, 0.15) is 11.6 Å². The normalized spacial score (nSPS) is 13.6. The van der Waals surface area contributed by atoms with Gasteiger partial charge in [0, 0.05) is 36.7 Å². The summed E-state index contributed by atoms with van der Waals surface area (Å²) in [4.78, 5) is 23.5. The molecule has 1 aromatic heterocycles. The van der Waals surface area contributed by atoms with Crippen LogP contribution >= 0.6 is 0 Å². The van der Waals surface area contributed by atoms with Gasteiger partial charge in [0.2, 0.25) is 0 Å². The van der Waals surface area contributed by atoms with E-state index in [1.165, 1.54) is 17.7 Å². The predicted octanol–water partition coefficient (Wildman–Crippen LogP) is 6.33. The molecule has 4 aromatic rings. The number of alkyl halides is 3. The van der Waals surface area contributed by atoms with Crippen LogP contribution in [-0.4, -0.2) is 27.5 Å². The second-order valence-corrected chi connectivity index (χ2v) is 8.69.